The lowest BCUT2D eigenvalue weighted by Crippen LogP contribution is -2.27. The standard InChI is InChI=1S/C14H22O3/c1-5-9-15-11-13(7-3)17-14(8-4)12-16-10-6-2/h5-8,13-14H,1-4,9-12H2. The third kappa shape index (κ3) is 8.63. The Balaban J connectivity index is 3.93. The molecule has 2 unspecified atom stereocenters. The van der Waals surface area contributed by atoms with Gasteiger partial charge in [0.25, 0.3) is 0 Å². The van der Waals surface area contributed by atoms with Gasteiger partial charge in [-0.3, -0.25) is 0 Å². The van der Waals surface area contributed by atoms with Crippen molar-refractivity contribution >= 4 is 0 Å². The van der Waals surface area contributed by atoms with Crippen molar-refractivity contribution in [1.82, 2.24) is 0 Å². The first-order chi connectivity index (χ1) is 8.28. The lowest BCUT2D eigenvalue weighted by molar-refractivity contribution is -0.0408. The van der Waals surface area contributed by atoms with Crippen molar-refractivity contribution in [2.24, 2.45) is 0 Å². The highest BCUT2D eigenvalue weighted by Gasteiger charge is 2.11. The van der Waals surface area contributed by atoms with Crippen LogP contribution in [0.25, 0.3) is 0 Å². The van der Waals surface area contributed by atoms with Gasteiger partial charge in [-0.2, -0.15) is 0 Å². The lowest BCUT2D eigenvalue weighted by atomic mass is 10.3. The van der Waals surface area contributed by atoms with Gasteiger partial charge in [0.05, 0.1) is 38.6 Å². The molecule has 0 aliphatic rings. The van der Waals surface area contributed by atoms with Crippen molar-refractivity contribution < 1.29 is 14.2 Å². The third-order valence-electron chi connectivity index (χ3n) is 1.91. The SMILES string of the molecule is C=CCOCC(C=C)OC(C=C)COCC=C. The predicted octanol–water partition coefficient (Wildman–Crippen LogP) is 2.52. The van der Waals surface area contributed by atoms with Crippen molar-refractivity contribution in [3.63, 3.8) is 0 Å². The van der Waals surface area contributed by atoms with E-state index in [0.29, 0.717) is 26.4 Å². The van der Waals surface area contributed by atoms with E-state index in [4.69, 9.17) is 14.2 Å². The number of ether oxygens (including phenoxy) is 3. The summed E-state index contributed by atoms with van der Waals surface area (Å²) in [7, 11) is 0. The highest BCUT2D eigenvalue weighted by Crippen LogP contribution is 2.03. The molecule has 3 heteroatoms. The van der Waals surface area contributed by atoms with E-state index in [1.54, 1.807) is 24.3 Å². The molecule has 0 fully saturated rings. The first kappa shape index (κ1) is 15.8. The summed E-state index contributed by atoms with van der Waals surface area (Å²) in [5.74, 6) is 0. The van der Waals surface area contributed by atoms with E-state index < -0.39 is 0 Å². The molecule has 0 aliphatic carbocycles. The molecule has 0 rings (SSSR count). The fourth-order valence-electron chi connectivity index (χ4n) is 1.09. The Labute approximate surface area is 104 Å². The molecule has 0 N–H and O–H groups in total. The molecule has 17 heavy (non-hydrogen) atoms. The zero-order valence-electron chi connectivity index (χ0n) is 10.3. The molecule has 0 bridgehead atoms. The second kappa shape index (κ2) is 11.3. The summed E-state index contributed by atoms with van der Waals surface area (Å²) < 4.78 is 16.3. The number of hydrogen-bond acceptors (Lipinski definition) is 3. The molecule has 0 amide bonds. The van der Waals surface area contributed by atoms with Crippen LogP contribution in [-0.4, -0.2) is 38.6 Å². The molecule has 0 saturated carbocycles. The molecule has 0 aromatic carbocycles. The highest BCUT2D eigenvalue weighted by atomic mass is 16.6. The van der Waals surface area contributed by atoms with E-state index in [1.165, 1.54) is 0 Å². The van der Waals surface area contributed by atoms with Gasteiger partial charge >= 0.3 is 0 Å². The minimum atomic E-state index is -0.176. The number of hydrogen-bond donors (Lipinski definition) is 0. The van der Waals surface area contributed by atoms with Gasteiger partial charge in [-0.05, 0) is 0 Å². The van der Waals surface area contributed by atoms with Crippen molar-refractivity contribution in [2.45, 2.75) is 12.2 Å². The van der Waals surface area contributed by atoms with Gasteiger partial charge in [0.2, 0.25) is 0 Å². The quantitative estimate of drug-likeness (QED) is 0.386. The topological polar surface area (TPSA) is 27.7 Å². The van der Waals surface area contributed by atoms with Gasteiger partial charge in [-0.15, -0.1) is 26.3 Å². The van der Waals surface area contributed by atoms with Crippen LogP contribution in [0.1, 0.15) is 0 Å². The Morgan fingerprint density at radius 1 is 0.765 bits per heavy atom. The Morgan fingerprint density at radius 2 is 1.18 bits per heavy atom. The van der Waals surface area contributed by atoms with Crippen molar-refractivity contribution in [2.75, 3.05) is 26.4 Å². The van der Waals surface area contributed by atoms with Crippen LogP contribution in [0.2, 0.25) is 0 Å². The van der Waals surface area contributed by atoms with Crippen LogP contribution in [0.4, 0.5) is 0 Å². The van der Waals surface area contributed by atoms with Gasteiger partial charge in [-0.1, -0.05) is 24.3 Å². The first-order valence-corrected chi connectivity index (χ1v) is 5.56. The van der Waals surface area contributed by atoms with Crippen molar-refractivity contribution in [3.8, 4) is 0 Å². The number of rotatable bonds is 12. The maximum absolute atomic E-state index is 5.69. The summed E-state index contributed by atoms with van der Waals surface area (Å²) in [5, 5.41) is 0. The van der Waals surface area contributed by atoms with Gasteiger partial charge < -0.3 is 14.2 Å². The van der Waals surface area contributed by atoms with Crippen LogP contribution in [0.3, 0.4) is 0 Å². The van der Waals surface area contributed by atoms with Crippen LogP contribution in [0.15, 0.2) is 50.6 Å². The summed E-state index contributed by atoms with van der Waals surface area (Å²) in [5.41, 5.74) is 0. The maximum Gasteiger partial charge on any atom is 0.0996 e. The van der Waals surface area contributed by atoms with E-state index in [2.05, 4.69) is 26.3 Å². The molecule has 3 nitrogen and oxygen atoms in total. The Kier molecular flexibility index (Phi) is 10.6. The minimum Gasteiger partial charge on any atom is -0.374 e. The maximum atomic E-state index is 5.69. The molecule has 96 valence electrons. The average Bonchev–Trinajstić information content (AvgIpc) is 2.36. The summed E-state index contributed by atoms with van der Waals surface area (Å²) in [6.45, 7) is 16.4. The van der Waals surface area contributed by atoms with Crippen LogP contribution in [-0.2, 0) is 14.2 Å². The molecule has 0 aromatic rings. The van der Waals surface area contributed by atoms with E-state index in [9.17, 15) is 0 Å². The van der Waals surface area contributed by atoms with Gasteiger partial charge in [-0.25, -0.2) is 0 Å². The van der Waals surface area contributed by atoms with Crippen LogP contribution < -0.4 is 0 Å². The van der Waals surface area contributed by atoms with Crippen LogP contribution in [0.5, 0.6) is 0 Å². The second-order valence-electron chi connectivity index (χ2n) is 3.34. The largest absolute Gasteiger partial charge is 0.374 e. The fourth-order valence-corrected chi connectivity index (χ4v) is 1.09. The van der Waals surface area contributed by atoms with Gasteiger partial charge in [0, 0.05) is 0 Å². The van der Waals surface area contributed by atoms with Gasteiger partial charge in [0.1, 0.15) is 0 Å². The van der Waals surface area contributed by atoms with Crippen molar-refractivity contribution in [3.05, 3.63) is 50.6 Å². The predicted molar refractivity (Wildman–Crippen MR) is 71.1 cm³/mol. The normalized spacial score (nSPS) is 13.6. The summed E-state index contributed by atoms with van der Waals surface area (Å²) >= 11 is 0. The first-order valence-electron chi connectivity index (χ1n) is 5.56. The highest BCUT2D eigenvalue weighted by molar-refractivity contribution is 4.87. The van der Waals surface area contributed by atoms with Crippen LogP contribution >= 0.6 is 0 Å². The van der Waals surface area contributed by atoms with E-state index in [1.807, 2.05) is 0 Å². The molecule has 0 saturated heterocycles. The molecular formula is C14H22O3. The molecule has 0 heterocycles. The average molecular weight is 238 g/mol. The summed E-state index contributed by atoms with van der Waals surface area (Å²) in [6.07, 6.45) is 6.44. The monoisotopic (exact) mass is 238 g/mol. The van der Waals surface area contributed by atoms with E-state index in [-0.39, 0.29) is 12.2 Å². The zero-order chi connectivity index (χ0) is 12.9. The zero-order valence-corrected chi connectivity index (χ0v) is 10.3. The Bertz CT molecular complexity index is 212. The molecule has 0 radical (unpaired) electrons. The lowest BCUT2D eigenvalue weighted by Gasteiger charge is -2.20. The Morgan fingerprint density at radius 3 is 1.47 bits per heavy atom. The van der Waals surface area contributed by atoms with E-state index in [0.717, 1.165) is 0 Å². The molecule has 0 aliphatic heterocycles. The van der Waals surface area contributed by atoms with Crippen LogP contribution in [0, 0.1) is 0 Å². The van der Waals surface area contributed by atoms with E-state index >= 15 is 0 Å². The summed E-state index contributed by atoms with van der Waals surface area (Å²) in [6, 6.07) is 0. The fraction of sp³-hybridized carbons (Fsp3) is 0.429. The minimum absolute atomic E-state index is 0.176. The molecule has 0 spiro atoms. The molecular weight excluding hydrogens is 216 g/mol. The summed E-state index contributed by atoms with van der Waals surface area (Å²) in [4.78, 5) is 0. The Hall–Kier alpha value is -1.16. The molecule has 2 atom stereocenters. The molecule has 0 aromatic heterocycles. The smallest absolute Gasteiger partial charge is 0.0996 e. The van der Waals surface area contributed by atoms with Crippen molar-refractivity contribution in [1.29, 1.82) is 0 Å². The van der Waals surface area contributed by atoms with Gasteiger partial charge in [0.15, 0.2) is 0 Å². The third-order valence-corrected chi connectivity index (χ3v) is 1.91. The second-order valence-corrected chi connectivity index (χ2v) is 3.34.